The van der Waals surface area contributed by atoms with E-state index in [1.807, 2.05) is 6.92 Å². The molecule has 0 aliphatic carbocycles. The van der Waals surface area contributed by atoms with Crippen LogP contribution in [0.4, 0.5) is 0 Å². The first-order valence-electron chi connectivity index (χ1n) is 5.79. The standard InChI is InChI=1S/C13H17NO3S/c1-3-8(2)11(13(16)17)14-12(15)9-6-4-5-7-10(9)18/h4-8,11,18H,3H2,1-2H3,(H,14,15)(H,16,17)/t8-,11-/m1/s1. The molecule has 0 saturated carbocycles. The van der Waals surface area contributed by atoms with Crippen LogP contribution in [0.3, 0.4) is 0 Å². The fourth-order valence-corrected chi connectivity index (χ4v) is 1.83. The minimum absolute atomic E-state index is 0.126. The van der Waals surface area contributed by atoms with Crippen LogP contribution in [0, 0.1) is 5.92 Å². The molecule has 0 aliphatic heterocycles. The number of hydrogen-bond donors (Lipinski definition) is 3. The zero-order valence-electron chi connectivity index (χ0n) is 10.4. The summed E-state index contributed by atoms with van der Waals surface area (Å²) >= 11 is 4.18. The largest absolute Gasteiger partial charge is 0.480 e. The smallest absolute Gasteiger partial charge is 0.326 e. The van der Waals surface area contributed by atoms with Gasteiger partial charge in [0.25, 0.3) is 5.91 Å². The van der Waals surface area contributed by atoms with Crippen LogP contribution in [0.1, 0.15) is 30.6 Å². The molecule has 1 amide bonds. The molecular weight excluding hydrogens is 250 g/mol. The van der Waals surface area contributed by atoms with Gasteiger partial charge in [0.15, 0.2) is 0 Å². The van der Waals surface area contributed by atoms with Gasteiger partial charge in [0.2, 0.25) is 0 Å². The van der Waals surface area contributed by atoms with Crippen LogP contribution in [-0.2, 0) is 4.79 Å². The number of benzene rings is 1. The summed E-state index contributed by atoms with van der Waals surface area (Å²) in [5, 5.41) is 11.6. The predicted molar refractivity (Wildman–Crippen MR) is 72.0 cm³/mol. The molecule has 0 saturated heterocycles. The molecule has 0 heterocycles. The Hall–Kier alpha value is -1.49. The molecule has 18 heavy (non-hydrogen) atoms. The molecule has 5 heteroatoms. The first-order chi connectivity index (χ1) is 8.47. The summed E-state index contributed by atoms with van der Waals surface area (Å²) in [6, 6.07) is 5.91. The monoisotopic (exact) mass is 267 g/mol. The van der Waals surface area contributed by atoms with Crippen LogP contribution in [0.25, 0.3) is 0 Å². The Morgan fingerprint density at radius 2 is 2.00 bits per heavy atom. The first-order valence-corrected chi connectivity index (χ1v) is 6.23. The minimum atomic E-state index is -1.02. The highest BCUT2D eigenvalue weighted by molar-refractivity contribution is 7.80. The van der Waals surface area contributed by atoms with Crippen molar-refractivity contribution in [2.75, 3.05) is 0 Å². The third-order valence-corrected chi connectivity index (χ3v) is 3.30. The fraction of sp³-hybridized carbons (Fsp3) is 0.385. The van der Waals surface area contributed by atoms with Crippen molar-refractivity contribution in [2.24, 2.45) is 5.92 Å². The average molecular weight is 267 g/mol. The molecule has 2 N–H and O–H groups in total. The molecule has 0 fully saturated rings. The van der Waals surface area contributed by atoms with Gasteiger partial charge in [0.1, 0.15) is 6.04 Å². The van der Waals surface area contributed by atoms with Crippen molar-refractivity contribution in [1.29, 1.82) is 0 Å². The second-order valence-corrected chi connectivity index (χ2v) is 4.67. The van der Waals surface area contributed by atoms with Crippen molar-refractivity contribution in [3.63, 3.8) is 0 Å². The van der Waals surface area contributed by atoms with Crippen molar-refractivity contribution >= 4 is 24.5 Å². The van der Waals surface area contributed by atoms with E-state index in [0.717, 1.165) is 0 Å². The lowest BCUT2D eigenvalue weighted by Crippen LogP contribution is -2.45. The highest BCUT2D eigenvalue weighted by atomic mass is 32.1. The number of carbonyl (C=O) groups excluding carboxylic acids is 1. The summed E-state index contributed by atoms with van der Waals surface area (Å²) in [4.78, 5) is 23.6. The van der Waals surface area contributed by atoms with Crippen LogP contribution in [0.2, 0.25) is 0 Å². The topological polar surface area (TPSA) is 66.4 Å². The van der Waals surface area contributed by atoms with Gasteiger partial charge in [0.05, 0.1) is 5.56 Å². The van der Waals surface area contributed by atoms with E-state index in [1.165, 1.54) is 0 Å². The molecule has 0 unspecified atom stereocenters. The Bertz CT molecular complexity index is 448. The van der Waals surface area contributed by atoms with Gasteiger partial charge in [-0.15, -0.1) is 12.6 Å². The fourth-order valence-electron chi connectivity index (χ4n) is 1.57. The number of nitrogens with one attached hydrogen (secondary N) is 1. The summed E-state index contributed by atoms with van der Waals surface area (Å²) < 4.78 is 0. The van der Waals surface area contributed by atoms with E-state index in [0.29, 0.717) is 16.9 Å². The molecule has 1 aromatic rings. The molecule has 0 radical (unpaired) electrons. The lowest BCUT2D eigenvalue weighted by molar-refractivity contribution is -0.140. The third-order valence-electron chi connectivity index (χ3n) is 2.91. The Morgan fingerprint density at radius 1 is 1.39 bits per heavy atom. The van der Waals surface area contributed by atoms with Crippen LogP contribution in [-0.4, -0.2) is 23.0 Å². The van der Waals surface area contributed by atoms with Crippen LogP contribution >= 0.6 is 12.6 Å². The number of amides is 1. The van der Waals surface area contributed by atoms with Gasteiger partial charge in [-0.05, 0) is 18.1 Å². The normalized spacial score (nSPS) is 13.7. The number of carboxylic acids is 1. The highest BCUT2D eigenvalue weighted by Gasteiger charge is 2.26. The minimum Gasteiger partial charge on any atom is -0.480 e. The SMILES string of the molecule is CC[C@@H](C)[C@@H](NC(=O)c1ccccc1S)C(=O)O. The maximum atomic E-state index is 12.0. The Balaban J connectivity index is 2.86. The van der Waals surface area contributed by atoms with Crippen LogP contribution < -0.4 is 5.32 Å². The van der Waals surface area contributed by atoms with E-state index in [2.05, 4.69) is 17.9 Å². The van der Waals surface area contributed by atoms with Crippen molar-refractivity contribution in [3.05, 3.63) is 29.8 Å². The summed E-state index contributed by atoms with van der Waals surface area (Å²) in [7, 11) is 0. The van der Waals surface area contributed by atoms with Crippen molar-refractivity contribution in [2.45, 2.75) is 31.2 Å². The van der Waals surface area contributed by atoms with Gasteiger partial charge in [-0.2, -0.15) is 0 Å². The summed E-state index contributed by atoms with van der Waals surface area (Å²) in [5.74, 6) is -1.55. The predicted octanol–water partition coefficient (Wildman–Crippen LogP) is 2.20. The zero-order valence-corrected chi connectivity index (χ0v) is 11.3. The Morgan fingerprint density at radius 3 is 2.50 bits per heavy atom. The number of aliphatic carboxylic acids is 1. The van der Waals surface area contributed by atoms with Crippen molar-refractivity contribution < 1.29 is 14.7 Å². The first kappa shape index (κ1) is 14.6. The summed E-state index contributed by atoms with van der Waals surface area (Å²) in [6.07, 6.45) is 0.680. The molecule has 1 aromatic carbocycles. The van der Waals surface area contributed by atoms with Gasteiger partial charge in [-0.3, -0.25) is 4.79 Å². The Labute approximate surface area is 112 Å². The summed E-state index contributed by atoms with van der Waals surface area (Å²) in [5.41, 5.74) is 0.385. The van der Waals surface area contributed by atoms with Crippen LogP contribution in [0.5, 0.6) is 0 Å². The lowest BCUT2D eigenvalue weighted by atomic mass is 9.99. The van der Waals surface area contributed by atoms with Crippen LogP contribution in [0.15, 0.2) is 29.2 Å². The maximum Gasteiger partial charge on any atom is 0.326 e. The van der Waals surface area contributed by atoms with Gasteiger partial charge in [0, 0.05) is 4.90 Å². The number of carbonyl (C=O) groups is 2. The maximum absolute atomic E-state index is 12.0. The molecule has 98 valence electrons. The number of rotatable bonds is 5. The Kier molecular flexibility index (Phi) is 5.22. The third kappa shape index (κ3) is 3.50. The lowest BCUT2D eigenvalue weighted by Gasteiger charge is -2.20. The van der Waals surface area contributed by atoms with E-state index < -0.39 is 17.9 Å². The van der Waals surface area contributed by atoms with Gasteiger partial charge in [-0.25, -0.2) is 4.79 Å². The molecular formula is C13H17NO3S. The second kappa shape index (κ2) is 6.44. The molecule has 0 spiro atoms. The molecule has 2 atom stereocenters. The van der Waals surface area contributed by atoms with Gasteiger partial charge < -0.3 is 10.4 Å². The number of carboxylic acid groups (broad SMARTS) is 1. The molecule has 1 rings (SSSR count). The molecule has 4 nitrogen and oxygen atoms in total. The molecule has 0 bridgehead atoms. The molecule has 0 aliphatic rings. The van der Waals surface area contributed by atoms with Gasteiger partial charge in [-0.1, -0.05) is 32.4 Å². The zero-order chi connectivity index (χ0) is 13.7. The quantitative estimate of drug-likeness (QED) is 0.717. The second-order valence-electron chi connectivity index (χ2n) is 4.19. The number of hydrogen-bond acceptors (Lipinski definition) is 3. The number of thiol groups is 1. The van der Waals surface area contributed by atoms with Crippen molar-refractivity contribution in [3.8, 4) is 0 Å². The molecule has 0 aromatic heterocycles. The van der Waals surface area contributed by atoms with Crippen molar-refractivity contribution in [1.82, 2.24) is 5.32 Å². The van der Waals surface area contributed by atoms with E-state index in [1.54, 1.807) is 31.2 Å². The van der Waals surface area contributed by atoms with E-state index in [4.69, 9.17) is 5.11 Å². The summed E-state index contributed by atoms with van der Waals surface area (Å²) in [6.45, 7) is 3.69. The highest BCUT2D eigenvalue weighted by Crippen LogP contribution is 2.14. The average Bonchev–Trinajstić information content (AvgIpc) is 2.35. The van der Waals surface area contributed by atoms with Gasteiger partial charge >= 0.3 is 5.97 Å². The van der Waals surface area contributed by atoms with E-state index >= 15 is 0 Å². The van der Waals surface area contributed by atoms with E-state index in [9.17, 15) is 9.59 Å². The van der Waals surface area contributed by atoms with E-state index in [-0.39, 0.29) is 5.92 Å².